The Morgan fingerprint density at radius 3 is 2.37 bits per heavy atom. The summed E-state index contributed by atoms with van der Waals surface area (Å²) < 4.78 is 5.20. The number of nitrogens with zero attached hydrogens (tertiary/aromatic N) is 1. The van der Waals surface area contributed by atoms with Crippen molar-refractivity contribution in [3.05, 3.63) is 23.8 Å². The minimum atomic E-state index is -1.45. The fourth-order valence-corrected chi connectivity index (χ4v) is 2.02. The second-order valence-corrected chi connectivity index (χ2v) is 5.34. The standard InChI is InChI=1S/C14H24BNO3/c1-10(2)11(3)16(4)9-12-8-13(19-5)6-7-14(12)15(17)18/h6-8,10-11,17-18H,9H2,1-5H3. The summed E-state index contributed by atoms with van der Waals surface area (Å²) >= 11 is 0. The van der Waals surface area contributed by atoms with E-state index in [1.54, 1.807) is 19.2 Å². The molecule has 5 heteroatoms. The maximum atomic E-state index is 9.43. The smallest absolute Gasteiger partial charge is 0.488 e. The van der Waals surface area contributed by atoms with Crippen LogP contribution >= 0.6 is 0 Å². The lowest BCUT2D eigenvalue weighted by Crippen LogP contribution is -2.38. The summed E-state index contributed by atoms with van der Waals surface area (Å²) in [5.41, 5.74) is 1.41. The Bertz CT molecular complexity index is 410. The summed E-state index contributed by atoms with van der Waals surface area (Å²) in [5, 5.41) is 18.9. The van der Waals surface area contributed by atoms with Crippen LogP contribution < -0.4 is 10.2 Å². The normalized spacial score (nSPS) is 12.9. The van der Waals surface area contributed by atoms with E-state index >= 15 is 0 Å². The van der Waals surface area contributed by atoms with Crippen molar-refractivity contribution in [2.45, 2.75) is 33.4 Å². The molecule has 19 heavy (non-hydrogen) atoms. The zero-order chi connectivity index (χ0) is 14.6. The molecule has 4 nitrogen and oxygen atoms in total. The third-order valence-electron chi connectivity index (χ3n) is 3.71. The van der Waals surface area contributed by atoms with Crippen molar-refractivity contribution in [2.24, 2.45) is 5.92 Å². The highest BCUT2D eigenvalue weighted by Crippen LogP contribution is 2.16. The van der Waals surface area contributed by atoms with Gasteiger partial charge in [-0.05, 0) is 43.0 Å². The average molecular weight is 265 g/mol. The van der Waals surface area contributed by atoms with Crippen LogP contribution in [-0.2, 0) is 6.54 Å². The van der Waals surface area contributed by atoms with Crippen LogP contribution in [0.5, 0.6) is 5.75 Å². The topological polar surface area (TPSA) is 52.9 Å². The second-order valence-electron chi connectivity index (χ2n) is 5.34. The van der Waals surface area contributed by atoms with Crippen LogP contribution in [0.4, 0.5) is 0 Å². The summed E-state index contributed by atoms with van der Waals surface area (Å²) in [5.74, 6) is 1.27. The van der Waals surface area contributed by atoms with Crippen molar-refractivity contribution in [2.75, 3.05) is 14.2 Å². The molecule has 0 saturated carbocycles. The zero-order valence-electron chi connectivity index (χ0n) is 12.4. The van der Waals surface area contributed by atoms with Gasteiger partial charge in [-0.2, -0.15) is 0 Å². The van der Waals surface area contributed by atoms with Gasteiger partial charge in [-0.3, -0.25) is 4.90 Å². The van der Waals surface area contributed by atoms with E-state index in [0.717, 1.165) is 11.3 Å². The van der Waals surface area contributed by atoms with Crippen LogP contribution in [0.2, 0.25) is 0 Å². The SMILES string of the molecule is COc1ccc(B(O)O)c(CN(C)C(C)C(C)C)c1. The van der Waals surface area contributed by atoms with Gasteiger partial charge in [-0.25, -0.2) is 0 Å². The molecule has 0 aliphatic rings. The van der Waals surface area contributed by atoms with Gasteiger partial charge in [0.15, 0.2) is 0 Å². The lowest BCUT2D eigenvalue weighted by molar-refractivity contribution is 0.200. The molecule has 0 aromatic heterocycles. The lowest BCUT2D eigenvalue weighted by Gasteiger charge is -2.28. The van der Waals surface area contributed by atoms with Gasteiger partial charge in [0.1, 0.15) is 5.75 Å². The van der Waals surface area contributed by atoms with Crippen LogP contribution in [0.25, 0.3) is 0 Å². The molecule has 0 aliphatic heterocycles. The molecule has 0 amide bonds. The zero-order valence-corrected chi connectivity index (χ0v) is 12.4. The predicted molar refractivity (Wildman–Crippen MR) is 78.6 cm³/mol. The number of benzene rings is 1. The van der Waals surface area contributed by atoms with Crippen LogP contribution in [-0.4, -0.2) is 42.3 Å². The van der Waals surface area contributed by atoms with Crippen molar-refractivity contribution in [1.82, 2.24) is 4.90 Å². The van der Waals surface area contributed by atoms with Gasteiger partial charge in [0.05, 0.1) is 7.11 Å². The van der Waals surface area contributed by atoms with Crippen molar-refractivity contribution in [3.8, 4) is 5.75 Å². The monoisotopic (exact) mass is 265 g/mol. The van der Waals surface area contributed by atoms with E-state index in [9.17, 15) is 10.0 Å². The summed E-state index contributed by atoms with van der Waals surface area (Å²) in [6, 6.07) is 5.71. The largest absolute Gasteiger partial charge is 0.497 e. The van der Waals surface area contributed by atoms with Gasteiger partial charge < -0.3 is 14.8 Å². The van der Waals surface area contributed by atoms with Gasteiger partial charge in [0, 0.05) is 12.6 Å². The second kappa shape index (κ2) is 6.94. The van der Waals surface area contributed by atoms with Crippen LogP contribution in [0, 0.1) is 5.92 Å². The Hall–Kier alpha value is -1.04. The van der Waals surface area contributed by atoms with E-state index in [-0.39, 0.29) is 0 Å². The Morgan fingerprint density at radius 2 is 1.89 bits per heavy atom. The Morgan fingerprint density at radius 1 is 1.26 bits per heavy atom. The molecule has 0 heterocycles. The first-order chi connectivity index (χ1) is 8.86. The van der Waals surface area contributed by atoms with E-state index in [1.165, 1.54) is 0 Å². The van der Waals surface area contributed by atoms with Crippen LogP contribution in [0.1, 0.15) is 26.3 Å². The van der Waals surface area contributed by atoms with E-state index < -0.39 is 7.12 Å². The number of ether oxygens (including phenoxy) is 1. The quantitative estimate of drug-likeness (QED) is 0.749. The van der Waals surface area contributed by atoms with Crippen molar-refractivity contribution < 1.29 is 14.8 Å². The van der Waals surface area contributed by atoms with Crippen molar-refractivity contribution >= 4 is 12.6 Å². The summed E-state index contributed by atoms with van der Waals surface area (Å²) in [6.07, 6.45) is 0. The molecular weight excluding hydrogens is 241 g/mol. The molecule has 1 unspecified atom stereocenters. The first kappa shape index (κ1) is 16.0. The third kappa shape index (κ3) is 4.23. The Balaban J connectivity index is 2.97. The van der Waals surface area contributed by atoms with Crippen LogP contribution in [0.15, 0.2) is 18.2 Å². The molecule has 0 saturated heterocycles. The average Bonchev–Trinajstić information content (AvgIpc) is 2.36. The molecule has 0 bridgehead atoms. The van der Waals surface area contributed by atoms with E-state index in [0.29, 0.717) is 24.0 Å². The Kier molecular flexibility index (Phi) is 5.85. The highest BCUT2D eigenvalue weighted by atomic mass is 16.5. The fourth-order valence-electron chi connectivity index (χ4n) is 2.02. The molecule has 1 atom stereocenters. The summed E-state index contributed by atoms with van der Waals surface area (Å²) in [4.78, 5) is 2.20. The van der Waals surface area contributed by atoms with E-state index in [4.69, 9.17) is 4.74 Å². The molecule has 1 rings (SSSR count). The lowest BCUT2D eigenvalue weighted by atomic mass is 9.76. The maximum Gasteiger partial charge on any atom is 0.488 e. The van der Waals surface area contributed by atoms with Gasteiger partial charge in [0.25, 0.3) is 0 Å². The van der Waals surface area contributed by atoms with Crippen molar-refractivity contribution in [1.29, 1.82) is 0 Å². The molecule has 0 radical (unpaired) electrons. The van der Waals surface area contributed by atoms with Crippen molar-refractivity contribution in [3.63, 3.8) is 0 Å². The minimum absolute atomic E-state index is 0.412. The molecular formula is C14H24BNO3. The highest BCUT2D eigenvalue weighted by Gasteiger charge is 2.20. The third-order valence-corrected chi connectivity index (χ3v) is 3.71. The van der Waals surface area contributed by atoms with E-state index in [2.05, 4.69) is 25.7 Å². The Labute approximate surface area is 116 Å². The molecule has 1 aromatic rings. The molecule has 1 aromatic carbocycles. The summed E-state index contributed by atoms with van der Waals surface area (Å²) in [6.45, 7) is 7.17. The van der Waals surface area contributed by atoms with Gasteiger partial charge >= 0.3 is 7.12 Å². The first-order valence-corrected chi connectivity index (χ1v) is 6.60. The fraction of sp³-hybridized carbons (Fsp3) is 0.571. The van der Waals surface area contributed by atoms with Crippen LogP contribution in [0.3, 0.4) is 0 Å². The number of rotatable bonds is 6. The number of methoxy groups -OCH3 is 1. The number of hydrogen-bond acceptors (Lipinski definition) is 4. The minimum Gasteiger partial charge on any atom is -0.497 e. The van der Waals surface area contributed by atoms with Gasteiger partial charge in [-0.1, -0.05) is 19.9 Å². The maximum absolute atomic E-state index is 9.43. The predicted octanol–water partition coefficient (Wildman–Crippen LogP) is 0.851. The molecule has 0 spiro atoms. The molecule has 0 fully saturated rings. The number of hydrogen-bond donors (Lipinski definition) is 2. The first-order valence-electron chi connectivity index (χ1n) is 6.60. The molecule has 106 valence electrons. The molecule has 2 N–H and O–H groups in total. The van der Waals surface area contributed by atoms with Gasteiger partial charge in [-0.15, -0.1) is 0 Å². The van der Waals surface area contributed by atoms with E-state index in [1.807, 2.05) is 13.1 Å². The summed E-state index contributed by atoms with van der Waals surface area (Å²) in [7, 11) is 2.19. The van der Waals surface area contributed by atoms with Gasteiger partial charge in [0.2, 0.25) is 0 Å². The highest BCUT2D eigenvalue weighted by molar-refractivity contribution is 6.59. The molecule has 0 aliphatic carbocycles.